The van der Waals surface area contributed by atoms with Gasteiger partial charge in [0.25, 0.3) is 0 Å². The Morgan fingerprint density at radius 1 is 1.50 bits per heavy atom. The quantitative estimate of drug-likeness (QED) is 0.797. The first-order valence-electron chi connectivity index (χ1n) is 4.74. The van der Waals surface area contributed by atoms with Gasteiger partial charge in [-0.1, -0.05) is 24.6 Å². The topological polar surface area (TPSA) is 12.0 Å². The van der Waals surface area contributed by atoms with Crippen molar-refractivity contribution in [3.63, 3.8) is 0 Å². The largest absolute Gasteiger partial charge is 0.316 e. The highest BCUT2D eigenvalue weighted by Gasteiger charge is 2.32. The van der Waals surface area contributed by atoms with Gasteiger partial charge in [0.05, 0.1) is 0 Å². The van der Waals surface area contributed by atoms with Gasteiger partial charge >= 0.3 is 0 Å². The van der Waals surface area contributed by atoms with Gasteiger partial charge in [-0.25, -0.2) is 4.39 Å². The third-order valence-corrected chi connectivity index (χ3v) is 3.09. The Kier molecular flexibility index (Phi) is 2.50. The molecular formula is C11H13ClFN. The third kappa shape index (κ3) is 1.91. The molecule has 3 heteroatoms. The van der Waals surface area contributed by atoms with Gasteiger partial charge in [-0.15, -0.1) is 0 Å². The summed E-state index contributed by atoms with van der Waals surface area (Å²) in [4.78, 5) is 0. The van der Waals surface area contributed by atoms with Crippen LogP contribution in [-0.2, 0) is 6.42 Å². The average Bonchev–Trinajstić information content (AvgIpc) is 2.07. The van der Waals surface area contributed by atoms with Crippen LogP contribution in [0.1, 0.15) is 12.5 Å². The summed E-state index contributed by atoms with van der Waals surface area (Å²) in [5.41, 5.74) is 1.33. The number of halogens is 2. The highest BCUT2D eigenvalue weighted by Crippen LogP contribution is 2.30. The van der Waals surface area contributed by atoms with Gasteiger partial charge in [0.1, 0.15) is 5.82 Å². The monoisotopic (exact) mass is 213 g/mol. The first-order valence-corrected chi connectivity index (χ1v) is 5.12. The van der Waals surface area contributed by atoms with Crippen molar-refractivity contribution >= 4 is 11.6 Å². The molecule has 1 saturated heterocycles. The van der Waals surface area contributed by atoms with Gasteiger partial charge in [0.2, 0.25) is 0 Å². The maximum Gasteiger partial charge on any atom is 0.124 e. The first kappa shape index (κ1) is 9.94. The van der Waals surface area contributed by atoms with Crippen LogP contribution < -0.4 is 5.32 Å². The minimum atomic E-state index is -0.268. The molecule has 1 N–H and O–H groups in total. The molecule has 1 aromatic carbocycles. The minimum absolute atomic E-state index is 0.268. The fraction of sp³-hybridized carbons (Fsp3) is 0.455. The summed E-state index contributed by atoms with van der Waals surface area (Å²) in [6.07, 6.45) is 0.916. The summed E-state index contributed by atoms with van der Waals surface area (Å²) in [5.74, 6) is -0.268. The number of nitrogens with one attached hydrogen (secondary N) is 1. The standard InChI is InChI=1S/C11H13ClFN/c1-11(6-14-7-11)5-8-2-3-9(13)4-10(8)12/h2-4,14H,5-7H2,1H3. The van der Waals surface area contributed by atoms with Gasteiger partial charge in [-0.2, -0.15) is 0 Å². The molecule has 0 aliphatic carbocycles. The molecule has 0 amide bonds. The number of benzene rings is 1. The van der Waals surface area contributed by atoms with Crippen LogP contribution in [0.3, 0.4) is 0 Å². The van der Waals surface area contributed by atoms with Crippen molar-refractivity contribution in [2.75, 3.05) is 13.1 Å². The van der Waals surface area contributed by atoms with Gasteiger partial charge in [-0.05, 0) is 29.5 Å². The molecule has 2 rings (SSSR count). The lowest BCUT2D eigenvalue weighted by atomic mass is 9.78. The maximum absolute atomic E-state index is 12.8. The van der Waals surface area contributed by atoms with Crippen LogP contribution in [0.5, 0.6) is 0 Å². The smallest absolute Gasteiger partial charge is 0.124 e. The zero-order valence-corrected chi connectivity index (χ0v) is 8.87. The minimum Gasteiger partial charge on any atom is -0.316 e. The molecule has 0 unspecified atom stereocenters. The average molecular weight is 214 g/mol. The molecular weight excluding hydrogens is 201 g/mol. The number of rotatable bonds is 2. The van der Waals surface area contributed by atoms with Crippen LogP contribution in [0.15, 0.2) is 18.2 Å². The van der Waals surface area contributed by atoms with Crippen LogP contribution in [0.25, 0.3) is 0 Å². The van der Waals surface area contributed by atoms with E-state index in [4.69, 9.17) is 11.6 Å². The van der Waals surface area contributed by atoms with Crippen molar-refractivity contribution < 1.29 is 4.39 Å². The second-order valence-corrected chi connectivity index (χ2v) is 4.73. The zero-order chi connectivity index (χ0) is 10.2. The predicted octanol–water partition coefficient (Wildman–Crippen LogP) is 2.63. The lowest BCUT2D eigenvalue weighted by Crippen LogP contribution is -2.52. The summed E-state index contributed by atoms with van der Waals surface area (Å²) >= 11 is 5.96. The molecule has 1 nitrogen and oxygen atoms in total. The SMILES string of the molecule is CC1(Cc2ccc(F)cc2Cl)CNC1. The predicted molar refractivity (Wildman–Crippen MR) is 56.1 cm³/mol. The molecule has 1 aliphatic rings. The van der Waals surface area contributed by atoms with Crippen molar-refractivity contribution in [2.24, 2.45) is 5.41 Å². The lowest BCUT2D eigenvalue weighted by Gasteiger charge is -2.39. The van der Waals surface area contributed by atoms with E-state index in [0.29, 0.717) is 10.4 Å². The van der Waals surface area contributed by atoms with Crippen molar-refractivity contribution in [1.29, 1.82) is 0 Å². The third-order valence-electron chi connectivity index (χ3n) is 2.74. The highest BCUT2D eigenvalue weighted by atomic mass is 35.5. The lowest BCUT2D eigenvalue weighted by molar-refractivity contribution is 0.195. The fourth-order valence-electron chi connectivity index (χ4n) is 1.80. The van der Waals surface area contributed by atoms with Crippen molar-refractivity contribution in [2.45, 2.75) is 13.3 Å². The molecule has 0 bridgehead atoms. The van der Waals surface area contributed by atoms with E-state index >= 15 is 0 Å². The summed E-state index contributed by atoms with van der Waals surface area (Å²) in [6.45, 7) is 4.24. The maximum atomic E-state index is 12.8. The zero-order valence-electron chi connectivity index (χ0n) is 8.11. The summed E-state index contributed by atoms with van der Waals surface area (Å²) in [7, 11) is 0. The second-order valence-electron chi connectivity index (χ2n) is 4.33. The van der Waals surface area contributed by atoms with Gasteiger partial charge in [0.15, 0.2) is 0 Å². The Hall–Kier alpha value is -0.600. The van der Waals surface area contributed by atoms with Gasteiger partial charge in [-0.3, -0.25) is 0 Å². The Bertz CT molecular complexity index is 347. The van der Waals surface area contributed by atoms with E-state index in [9.17, 15) is 4.39 Å². The molecule has 76 valence electrons. The molecule has 0 radical (unpaired) electrons. The van der Waals surface area contributed by atoms with E-state index in [1.54, 1.807) is 6.07 Å². The van der Waals surface area contributed by atoms with E-state index in [0.717, 1.165) is 25.1 Å². The second kappa shape index (κ2) is 3.52. The van der Waals surface area contributed by atoms with E-state index < -0.39 is 0 Å². The van der Waals surface area contributed by atoms with Crippen LogP contribution in [0.2, 0.25) is 5.02 Å². The molecule has 14 heavy (non-hydrogen) atoms. The molecule has 1 aromatic rings. The van der Waals surface area contributed by atoms with Gasteiger partial charge < -0.3 is 5.32 Å². The molecule has 0 aromatic heterocycles. The molecule has 0 saturated carbocycles. The van der Waals surface area contributed by atoms with Crippen LogP contribution in [0.4, 0.5) is 4.39 Å². The Labute approximate surface area is 88.3 Å². The van der Waals surface area contributed by atoms with E-state index in [-0.39, 0.29) is 5.82 Å². The number of hydrogen-bond acceptors (Lipinski definition) is 1. The number of hydrogen-bond donors (Lipinski definition) is 1. The highest BCUT2D eigenvalue weighted by molar-refractivity contribution is 6.31. The Balaban J connectivity index is 2.16. The molecule has 0 spiro atoms. The normalized spacial score (nSPS) is 19.1. The Morgan fingerprint density at radius 2 is 2.21 bits per heavy atom. The molecule has 0 atom stereocenters. The summed E-state index contributed by atoms with van der Waals surface area (Å²) < 4.78 is 12.8. The molecule has 1 aliphatic heterocycles. The van der Waals surface area contributed by atoms with Crippen LogP contribution in [0, 0.1) is 11.2 Å². The summed E-state index contributed by atoms with van der Waals surface area (Å²) in [6, 6.07) is 4.63. The van der Waals surface area contributed by atoms with Crippen molar-refractivity contribution in [3.05, 3.63) is 34.6 Å². The Morgan fingerprint density at radius 3 is 2.71 bits per heavy atom. The van der Waals surface area contributed by atoms with Crippen LogP contribution in [-0.4, -0.2) is 13.1 Å². The molecule has 1 heterocycles. The summed E-state index contributed by atoms with van der Waals surface area (Å²) in [5, 5.41) is 3.78. The van der Waals surface area contributed by atoms with E-state index in [1.165, 1.54) is 12.1 Å². The first-order chi connectivity index (χ1) is 6.59. The van der Waals surface area contributed by atoms with E-state index in [1.807, 2.05) is 0 Å². The van der Waals surface area contributed by atoms with E-state index in [2.05, 4.69) is 12.2 Å². The van der Waals surface area contributed by atoms with Crippen molar-refractivity contribution in [1.82, 2.24) is 5.32 Å². The van der Waals surface area contributed by atoms with Gasteiger partial charge in [0, 0.05) is 18.1 Å². The van der Waals surface area contributed by atoms with Crippen LogP contribution >= 0.6 is 11.6 Å². The van der Waals surface area contributed by atoms with Crippen molar-refractivity contribution in [3.8, 4) is 0 Å². The fourth-order valence-corrected chi connectivity index (χ4v) is 2.04. The molecule has 1 fully saturated rings.